The minimum Gasteiger partial charge on any atom is -0.478 e. The summed E-state index contributed by atoms with van der Waals surface area (Å²) < 4.78 is 52.2. The van der Waals surface area contributed by atoms with Crippen LogP contribution >= 0.6 is 0 Å². The third-order valence-corrected chi connectivity index (χ3v) is 5.17. The second kappa shape index (κ2) is 5.69. The number of pyridine rings is 1. The van der Waals surface area contributed by atoms with Crippen LogP contribution in [-0.4, -0.2) is 16.1 Å². The second-order valence-electron chi connectivity index (χ2n) is 6.68. The number of carbonyl (C=O) groups is 1. The molecule has 1 aromatic carbocycles. The number of carboxylic acid groups (broad SMARTS) is 1. The largest absolute Gasteiger partial charge is 0.478 e. The average Bonchev–Trinajstić information content (AvgIpc) is 3.17. The quantitative estimate of drug-likeness (QED) is 0.747. The Morgan fingerprint density at radius 2 is 1.88 bits per heavy atom. The first-order valence-corrected chi connectivity index (χ1v) is 8.15. The maximum atomic E-state index is 13.5. The van der Waals surface area contributed by atoms with E-state index >= 15 is 0 Å². The molecule has 1 heterocycles. The zero-order valence-electron chi connectivity index (χ0n) is 13.4. The first kappa shape index (κ1) is 16.8. The van der Waals surface area contributed by atoms with E-state index in [9.17, 15) is 27.5 Å². The number of alkyl halides is 3. The molecule has 2 atom stereocenters. The van der Waals surface area contributed by atoms with E-state index in [0.29, 0.717) is 11.9 Å². The maximum Gasteiger partial charge on any atom is 0.419 e. The third kappa shape index (κ3) is 2.60. The average molecular weight is 366 g/mol. The number of fused-ring (bicyclic) bond motifs is 5. The lowest BCUT2D eigenvalue weighted by molar-refractivity contribution is -0.139. The Morgan fingerprint density at radius 3 is 2.54 bits per heavy atom. The lowest BCUT2D eigenvalue weighted by atomic mass is 9.89. The van der Waals surface area contributed by atoms with Gasteiger partial charge >= 0.3 is 12.1 Å². The summed E-state index contributed by atoms with van der Waals surface area (Å²) >= 11 is 0. The van der Waals surface area contributed by atoms with Crippen LogP contribution in [0.3, 0.4) is 0 Å². The van der Waals surface area contributed by atoms with Gasteiger partial charge in [0, 0.05) is 17.4 Å². The molecule has 2 N–H and O–H groups in total. The topological polar surface area (TPSA) is 62.2 Å². The second-order valence-corrected chi connectivity index (χ2v) is 6.68. The zero-order chi connectivity index (χ0) is 18.6. The van der Waals surface area contributed by atoms with Gasteiger partial charge in [0.25, 0.3) is 0 Å². The van der Waals surface area contributed by atoms with E-state index in [1.807, 2.05) is 0 Å². The van der Waals surface area contributed by atoms with E-state index in [4.69, 9.17) is 0 Å². The van der Waals surface area contributed by atoms with Crippen molar-refractivity contribution in [2.75, 3.05) is 5.32 Å². The molecule has 4 rings (SSSR count). The van der Waals surface area contributed by atoms with Gasteiger partial charge in [0.1, 0.15) is 11.6 Å². The summed E-state index contributed by atoms with van der Waals surface area (Å²) in [5.41, 5.74) is 0.332. The predicted molar refractivity (Wildman–Crippen MR) is 85.2 cm³/mol. The molecule has 2 aromatic rings. The molecule has 0 aliphatic heterocycles. The van der Waals surface area contributed by atoms with Gasteiger partial charge in [0.2, 0.25) is 0 Å². The lowest BCUT2D eigenvalue weighted by Crippen LogP contribution is -2.12. The number of aromatic nitrogens is 1. The third-order valence-electron chi connectivity index (χ3n) is 5.17. The molecule has 8 heteroatoms. The molecular weight excluding hydrogens is 352 g/mol. The van der Waals surface area contributed by atoms with Crippen LogP contribution in [0.25, 0.3) is 0 Å². The highest BCUT2D eigenvalue weighted by molar-refractivity contribution is 5.91. The number of hydrogen-bond donors (Lipinski definition) is 2. The van der Waals surface area contributed by atoms with Crippen LogP contribution in [0.1, 0.15) is 58.1 Å². The predicted octanol–water partition coefficient (Wildman–Crippen LogP) is 5.05. The van der Waals surface area contributed by atoms with E-state index in [2.05, 4.69) is 10.3 Å². The van der Waals surface area contributed by atoms with Crippen LogP contribution in [0.15, 0.2) is 24.4 Å². The van der Waals surface area contributed by atoms with Gasteiger partial charge in [-0.3, -0.25) is 0 Å². The Balaban J connectivity index is 1.76. The molecule has 26 heavy (non-hydrogen) atoms. The fraction of sp³-hybridized carbons (Fsp3) is 0.333. The SMILES string of the molecule is O=C(O)c1cnc(Nc2ccc(F)c(C(F)(F)F)c2)c2c1C1CCC2C1. The maximum absolute atomic E-state index is 13.5. The van der Waals surface area contributed by atoms with E-state index in [0.717, 1.165) is 36.5 Å². The van der Waals surface area contributed by atoms with Gasteiger partial charge in [-0.05, 0) is 54.9 Å². The molecule has 1 fully saturated rings. The Hall–Kier alpha value is -2.64. The molecule has 136 valence electrons. The summed E-state index contributed by atoms with van der Waals surface area (Å²) in [4.78, 5) is 15.6. The lowest BCUT2D eigenvalue weighted by Gasteiger charge is -2.21. The molecule has 1 aromatic heterocycles. The molecule has 2 aliphatic rings. The number of anilines is 2. The number of benzene rings is 1. The van der Waals surface area contributed by atoms with E-state index in [1.165, 1.54) is 12.3 Å². The van der Waals surface area contributed by atoms with Crippen molar-refractivity contribution in [2.24, 2.45) is 0 Å². The van der Waals surface area contributed by atoms with Crippen LogP contribution in [0.2, 0.25) is 0 Å². The molecule has 1 saturated carbocycles. The van der Waals surface area contributed by atoms with Gasteiger partial charge < -0.3 is 10.4 Å². The Morgan fingerprint density at radius 1 is 1.19 bits per heavy atom. The van der Waals surface area contributed by atoms with Crippen molar-refractivity contribution in [2.45, 2.75) is 37.3 Å². The number of nitrogens with one attached hydrogen (secondary N) is 1. The Bertz CT molecular complexity index is 911. The number of aromatic carboxylic acids is 1. The molecule has 2 aliphatic carbocycles. The summed E-state index contributed by atoms with van der Waals surface area (Å²) in [5, 5.41) is 12.2. The Labute approximate surface area is 145 Å². The fourth-order valence-electron chi connectivity index (χ4n) is 4.13. The number of hydrogen-bond acceptors (Lipinski definition) is 3. The summed E-state index contributed by atoms with van der Waals surface area (Å²) in [7, 11) is 0. The summed E-state index contributed by atoms with van der Waals surface area (Å²) in [6.07, 6.45) is -0.945. The van der Waals surface area contributed by atoms with Gasteiger partial charge in [-0.2, -0.15) is 13.2 Å². The van der Waals surface area contributed by atoms with E-state index in [1.54, 1.807) is 0 Å². The number of halogens is 4. The highest BCUT2D eigenvalue weighted by Crippen LogP contribution is 2.56. The van der Waals surface area contributed by atoms with Gasteiger partial charge in [-0.15, -0.1) is 0 Å². The summed E-state index contributed by atoms with van der Waals surface area (Å²) in [6, 6.07) is 2.65. The van der Waals surface area contributed by atoms with E-state index < -0.39 is 23.5 Å². The Kier molecular flexibility index (Phi) is 3.68. The number of rotatable bonds is 3. The van der Waals surface area contributed by atoms with Gasteiger partial charge in [0.05, 0.1) is 11.1 Å². The van der Waals surface area contributed by atoms with Crippen molar-refractivity contribution in [3.63, 3.8) is 0 Å². The minimum atomic E-state index is -4.80. The highest BCUT2D eigenvalue weighted by atomic mass is 19.4. The number of carboxylic acids is 1. The standard InChI is InChI=1S/C18H14F4N2O2/c19-13-4-3-10(6-12(13)18(20,21)22)24-16-15-9-2-1-8(5-9)14(15)11(7-23-16)17(25)26/h3-4,6-9H,1-2,5H2,(H,23,24)(H,25,26). The fourth-order valence-corrected chi connectivity index (χ4v) is 4.13. The normalized spacial score (nSPS) is 20.9. The van der Waals surface area contributed by atoms with Crippen LogP contribution in [0, 0.1) is 5.82 Å². The van der Waals surface area contributed by atoms with Crippen molar-refractivity contribution in [3.05, 3.63) is 52.5 Å². The van der Waals surface area contributed by atoms with E-state index in [-0.39, 0.29) is 23.1 Å². The summed E-state index contributed by atoms with van der Waals surface area (Å²) in [6.45, 7) is 0. The molecule has 4 nitrogen and oxygen atoms in total. The van der Waals surface area contributed by atoms with Gasteiger partial charge in [0.15, 0.2) is 0 Å². The molecule has 0 radical (unpaired) electrons. The van der Waals surface area contributed by atoms with Crippen LogP contribution in [-0.2, 0) is 6.18 Å². The van der Waals surface area contributed by atoms with Crippen molar-refractivity contribution < 1.29 is 27.5 Å². The van der Waals surface area contributed by atoms with Crippen molar-refractivity contribution in [1.82, 2.24) is 4.98 Å². The highest BCUT2D eigenvalue weighted by Gasteiger charge is 2.42. The van der Waals surface area contributed by atoms with Gasteiger partial charge in [-0.1, -0.05) is 0 Å². The van der Waals surface area contributed by atoms with Gasteiger partial charge in [-0.25, -0.2) is 14.2 Å². The molecule has 2 unspecified atom stereocenters. The smallest absolute Gasteiger partial charge is 0.419 e. The van der Waals surface area contributed by atoms with Crippen molar-refractivity contribution in [1.29, 1.82) is 0 Å². The minimum absolute atomic E-state index is 0.0549. The number of nitrogens with zero attached hydrogens (tertiary/aromatic N) is 1. The van der Waals surface area contributed by atoms with Crippen LogP contribution in [0.4, 0.5) is 29.1 Å². The monoisotopic (exact) mass is 366 g/mol. The van der Waals surface area contributed by atoms with Crippen molar-refractivity contribution >= 4 is 17.5 Å². The molecule has 0 amide bonds. The molecule has 0 saturated heterocycles. The first-order chi connectivity index (χ1) is 12.3. The molecule has 0 spiro atoms. The first-order valence-electron chi connectivity index (χ1n) is 8.15. The zero-order valence-corrected chi connectivity index (χ0v) is 13.4. The van der Waals surface area contributed by atoms with Crippen molar-refractivity contribution in [3.8, 4) is 0 Å². The van der Waals surface area contributed by atoms with Crippen LogP contribution < -0.4 is 5.32 Å². The molecular formula is C18H14F4N2O2. The summed E-state index contributed by atoms with van der Waals surface area (Å²) in [5.74, 6) is -1.78. The molecule has 2 bridgehead atoms. The van der Waals surface area contributed by atoms with Crippen LogP contribution in [0.5, 0.6) is 0 Å².